The van der Waals surface area contributed by atoms with Gasteiger partial charge in [0.05, 0.1) is 6.42 Å². The predicted octanol–water partition coefficient (Wildman–Crippen LogP) is 3.19. The quantitative estimate of drug-likeness (QED) is 0.618. The van der Waals surface area contributed by atoms with Gasteiger partial charge in [0.2, 0.25) is 11.1 Å². The lowest BCUT2D eigenvalue weighted by atomic mass is 10.0. The highest BCUT2D eigenvalue weighted by Crippen LogP contribution is 2.23. The number of carbonyl (C=O) groups is 1. The molecule has 2 heterocycles. The fraction of sp³-hybridized carbons (Fsp3) is 0.667. The predicted molar refractivity (Wildman–Crippen MR) is 100 cm³/mol. The van der Waals surface area contributed by atoms with Crippen LogP contribution in [0.1, 0.15) is 55.5 Å². The molecule has 1 amide bonds. The van der Waals surface area contributed by atoms with Gasteiger partial charge in [-0.1, -0.05) is 37.4 Å². The van der Waals surface area contributed by atoms with Crippen molar-refractivity contribution in [3.8, 4) is 0 Å². The number of amides is 1. The molecule has 0 unspecified atom stereocenters. The zero-order valence-electron chi connectivity index (χ0n) is 15.6. The molecule has 3 rings (SSSR count). The number of hydrogen-bond acceptors (Lipinski definition) is 5. The molecule has 136 valence electrons. The summed E-state index contributed by atoms with van der Waals surface area (Å²) in [5.41, 5.74) is 2.79. The first kappa shape index (κ1) is 18.2. The second-order valence-corrected chi connectivity index (χ2v) is 7.67. The van der Waals surface area contributed by atoms with Crippen molar-refractivity contribution in [2.75, 3.05) is 13.3 Å². The number of likely N-dealkylation sites (N-methyl/N-ethyl adjacent to an activating group) is 1. The molecule has 1 aliphatic rings. The highest BCUT2D eigenvalue weighted by atomic mass is 32.2. The summed E-state index contributed by atoms with van der Waals surface area (Å²) in [4.78, 5) is 23.8. The van der Waals surface area contributed by atoms with Crippen molar-refractivity contribution in [3.05, 3.63) is 17.0 Å². The summed E-state index contributed by atoms with van der Waals surface area (Å²) in [6.07, 6.45) is 9.61. The van der Waals surface area contributed by atoms with E-state index in [2.05, 4.69) is 15.1 Å². The minimum Gasteiger partial charge on any atom is -0.342 e. The van der Waals surface area contributed by atoms with Gasteiger partial charge in [-0.3, -0.25) is 4.79 Å². The third-order valence-corrected chi connectivity index (χ3v) is 5.84. The molecule has 25 heavy (non-hydrogen) atoms. The van der Waals surface area contributed by atoms with Crippen LogP contribution in [-0.2, 0) is 11.2 Å². The van der Waals surface area contributed by atoms with Crippen LogP contribution in [0.25, 0.3) is 5.78 Å². The van der Waals surface area contributed by atoms with Crippen molar-refractivity contribution in [3.63, 3.8) is 0 Å². The fourth-order valence-electron chi connectivity index (χ4n) is 3.66. The summed E-state index contributed by atoms with van der Waals surface area (Å²) >= 11 is 1.50. The lowest BCUT2D eigenvalue weighted by molar-refractivity contribution is -0.131. The van der Waals surface area contributed by atoms with Crippen molar-refractivity contribution in [2.45, 2.75) is 70.0 Å². The first-order valence-corrected chi connectivity index (χ1v) is 10.3. The molecule has 1 aliphatic carbocycles. The molecule has 0 atom stereocenters. The van der Waals surface area contributed by atoms with Crippen molar-refractivity contribution in [1.82, 2.24) is 24.5 Å². The molecule has 0 spiro atoms. The van der Waals surface area contributed by atoms with Crippen LogP contribution in [0.15, 0.2) is 5.16 Å². The van der Waals surface area contributed by atoms with Crippen LogP contribution >= 0.6 is 11.8 Å². The van der Waals surface area contributed by atoms with Gasteiger partial charge < -0.3 is 4.90 Å². The second kappa shape index (κ2) is 7.72. The minimum absolute atomic E-state index is 0.171. The number of thioether (sulfide) groups is 1. The van der Waals surface area contributed by atoms with E-state index in [1.54, 1.807) is 4.52 Å². The lowest BCUT2D eigenvalue weighted by Gasteiger charge is -2.27. The second-order valence-electron chi connectivity index (χ2n) is 6.90. The van der Waals surface area contributed by atoms with Crippen molar-refractivity contribution >= 4 is 23.4 Å². The molecule has 1 fully saturated rings. The molecule has 0 radical (unpaired) electrons. The Morgan fingerprint density at radius 1 is 1.20 bits per heavy atom. The summed E-state index contributed by atoms with van der Waals surface area (Å²) < 4.78 is 1.76. The van der Waals surface area contributed by atoms with Crippen LogP contribution in [0, 0.1) is 13.8 Å². The highest BCUT2D eigenvalue weighted by molar-refractivity contribution is 7.98. The molecule has 2 aromatic rings. The third kappa shape index (κ3) is 3.81. The van der Waals surface area contributed by atoms with Crippen LogP contribution < -0.4 is 0 Å². The summed E-state index contributed by atoms with van der Waals surface area (Å²) in [6.45, 7) is 3.95. The maximum absolute atomic E-state index is 12.9. The molecule has 0 saturated heterocycles. The van der Waals surface area contributed by atoms with Crippen molar-refractivity contribution in [2.24, 2.45) is 0 Å². The van der Waals surface area contributed by atoms with E-state index >= 15 is 0 Å². The Bertz CT molecular complexity index is 764. The van der Waals surface area contributed by atoms with Gasteiger partial charge >= 0.3 is 0 Å². The highest BCUT2D eigenvalue weighted by Gasteiger charge is 2.23. The van der Waals surface area contributed by atoms with Gasteiger partial charge in [0.25, 0.3) is 5.78 Å². The maximum Gasteiger partial charge on any atom is 0.253 e. The van der Waals surface area contributed by atoms with Gasteiger partial charge in [-0.15, -0.1) is 5.10 Å². The number of aryl methyl sites for hydroxylation is 2. The molecule has 0 aliphatic heterocycles. The van der Waals surface area contributed by atoms with Crippen LogP contribution in [0.5, 0.6) is 0 Å². The maximum atomic E-state index is 12.9. The van der Waals surface area contributed by atoms with E-state index in [1.165, 1.54) is 37.4 Å². The summed E-state index contributed by atoms with van der Waals surface area (Å²) in [6, 6.07) is 0.377. The molecule has 0 N–H and O–H groups in total. The largest absolute Gasteiger partial charge is 0.342 e. The van der Waals surface area contributed by atoms with Crippen LogP contribution in [0.3, 0.4) is 0 Å². The molecule has 2 aromatic heterocycles. The zero-order chi connectivity index (χ0) is 18.0. The molecule has 6 nitrogen and oxygen atoms in total. The number of fused-ring (bicyclic) bond motifs is 1. The van der Waals surface area contributed by atoms with Gasteiger partial charge in [0.15, 0.2) is 0 Å². The Morgan fingerprint density at radius 3 is 2.52 bits per heavy atom. The normalized spacial score (nSPS) is 16.2. The summed E-state index contributed by atoms with van der Waals surface area (Å²) in [5.74, 6) is 0.775. The Labute approximate surface area is 153 Å². The Hall–Kier alpha value is -1.63. The Balaban J connectivity index is 1.82. The molecular formula is C18H27N5OS. The van der Waals surface area contributed by atoms with E-state index in [1.807, 2.05) is 32.1 Å². The topological polar surface area (TPSA) is 63.4 Å². The first-order valence-electron chi connectivity index (χ1n) is 9.03. The fourth-order valence-corrected chi connectivity index (χ4v) is 3.99. The standard InChI is InChI=1S/C18H27N5OS/c1-12-15(13(2)23-17(19-12)20-18(21-23)25-4)11-16(24)22(3)14-9-7-5-6-8-10-14/h14H,5-11H2,1-4H3. The molecule has 0 bridgehead atoms. The molecule has 0 aromatic carbocycles. The van der Waals surface area contributed by atoms with E-state index in [-0.39, 0.29) is 5.91 Å². The Kier molecular flexibility index (Phi) is 5.61. The summed E-state index contributed by atoms with van der Waals surface area (Å²) in [7, 11) is 1.95. The minimum atomic E-state index is 0.171. The van der Waals surface area contributed by atoms with Gasteiger partial charge in [-0.05, 0) is 32.9 Å². The van der Waals surface area contributed by atoms with E-state index < -0.39 is 0 Å². The lowest BCUT2D eigenvalue weighted by Crippen LogP contribution is -2.38. The Morgan fingerprint density at radius 2 is 1.88 bits per heavy atom. The third-order valence-electron chi connectivity index (χ3n) is 5.31. The molecule has 7 heteroatoms. The first-order chi connectivity index (χ1) is 12.0. The summed E-state index contributed by atoms with van der Waals surface area (Å²) in [5, 5.41) is 5.17. The van der Waals surface area contributed by atoms with Crippen LogP contribution in [-0.4, -0.2) is 49.7 Å². The van der Waals surface area contributed by atoms with E-state index in [0.29, 0.717) is 23.4 Å². The van der Waals surface area contributed by atoms with Crippen molar-refractivity contribution < 1.29 is 4.79 Å². The van der Waals surface area contributed by atoms with E-state index in [9.17, 15) is 4.79 Å². The van der Waals surface area contributed by atoms with Crippen LogP contribution in [0.2, 0.25) is 0 Å². The van der Waals surface area contributed by atoms with Crippen LogP contribution in [0.4, 0.5) is 0 Å². The average Bonchev–Trinajstić information content (AvgIpc) is 2.83. The van der Waals surface area contributed by atoms with Gasteiger partial charge in [0.1, 0.15) is 0 Å². The molecular weight excluding hydrogens is 334 g/mol. The number of nitrogens with zero attached hydrogens (tertiary/aromatic N) is 5. The zero-order valence-corrected chi connectivity index (χ0v) is 16.4. The van der Waals surface area contributed by atoms with Gasteiger partial charge in [-0.25, -0.2) is 9.50 Å². The number of rotatable bonds is 4. The number of hydrogen-bond donors (Lipinski definition) is 0. The monoisotopic (exact) mass is 361 g/mol. The SMILES string of the molecule is CSc1nc2nc(C)c(CC(=O)N(C)C3CCCCCC3)c(C)n2n1. The number of aromatic nitrogens is 4. The van der Waals surface area contributed by atoms with Crippen molar-refractivity contribution in [1.29, 1.82) is 0 Å². The van der Waals surface area contributed by atoms with Gasteiger partial charge in [-0.2, -0.15) is 4.98 Å². The van der Waals surface area contributed by atoms with E-state index in [4.69, 9.17) is 0 Å². The smallest absolute Gasteiger partial charge is 0.253 e. The molecule has 1 saturated carbocycles. The number of carbonyl (C=O) groups excluding carboxylic acids is 1. The average molecular weight is 362 g/mol. The van der Waals surface area contributed by atoms with E-state index in [0.717, 1.165) is 29.8 Å². The van der Waals surface area contributed by atoms with Gasteiger partial charge in [0, 0.05) is 30.0 Å².